The molecule has 0 atom stereocenters. The Morgan fingerprint density at radius 1 is 0.539 bits per heavy atom. The van der Waals surface area contributed by atoms with Crippen LogP contribution in [0.1, 0.15) is 174 Å². The molecule has 444 valence electrons. The molecule has 4 nitrogen and oxygen atoms in total. The molecule has 0 saturated carbocycles. The molecule has 89 heavy (non-hydrogen) atoms. The number of nitrogens with zero attached hydrogens (tertiary/aromatic N) is 2. The number of hydrogen-bond donors (Lipinski definition) is 0. The average Bonchev–Trinajstić information content (AvgIpc) is 1.53. The van der Waals surface area contributed by atoms with E-state index in [2.05, 4.69) is 284 Å². The number of furan rings is 2. The van der Waals surface area contributed by atoms with Gasteiger partial charge in [-0.2, -0.15) is 0 Å². The predicted molar refractivity (Wildman–Crippen MR) is 384 cm³/mol. The summed E-state index contributed by atoms with van der Waals surface area (Å²) in [5.74, 6) is 0. The van der Waals surface area contributed by atoms with E-state index in [0.717, 1.165) is 69.1 Å². The zero-order chi connectivity index (χ0) is 62.0. The molecule has 0 saturated heterocycles. The highest BCUT2D eigenvalue weighted by Crippen LogP contribution is 2.56. The summed E-state index contributed by atoms with van der Waals surface area (Å²) in [6, 6.07) is 61.1. The second-order valence-electron chi connectivity index (χ2n) is 32.0. The lowest BCUT2D eigenvalue weighted by atomic mass is 9.47. The summed E-state index contributed by atoms with van der Waals surface area (Å²) in [7, 11) is 0. The largest absolute Gasteiger partial charge is 0.456 e. The highest BCUT2D eigenvalue weighted by molar-refractivity contribution is 7.32. The van der Waals surface area contributed by atoms with E-state index in [9.17, 15) is 0 Å². The van der Waals surface area contributed by atoms with E-state index in [1.165, 1.54) is 120 Å². The van der Waals surface area contributed by atoms with Gasteiger partial charge in [0.2, 0.25) is 0 Å². The Bertz CT molecular complexity index is 5180. The standard InChI is InChI=1S/C83H81BN2O2S/c1-78(2,3)51-26-21-47(22-27-51)39-50(49-24-28-52(29-25-49)79(4,5)6)40-48-23-35-56-58-43-59-65(46-68(58)87-67(56)41-48)86(55-33-30-53(31-34-55)80(7,8)9)84-73-70(59)71-57-19-17-18-20-66(57)88-76(71)72-60-44-62-63(83(15,16)38-37-82(62,13)14)45-64(60)85(75(72)73)74-61-42-54(81(10,11)12)32-36-69(61)89-77(74)84/h17-36,39,41-46H,37-38,40H2,1-16H3/b50-39-. The van der Waals surface area contributed by atoms with E-state index in [0.29, 0.717) is 0 Å². The number of hydrogen-bond acceptors (Lipinski definition) is 4. The molecule has 9 aromatic carbocycles. The molecular formula is C83H81BN2O2S. The van der Waals surface area contributed by atoms with Crippen LogP contribution in [0.25, 0.3) is 104 Å². The van der Waals surface area contributed by atoms with Crippen LogP contribution < -0.4 is 15.1 Å². The molecule has 0 radical (unpaired) electrons. The highest BCUT2D eigenvalue weighted by Gasteiger charge is 2.49. The molecule has 6 heterocycles. The maximum Gasteiger partial charge on any atom is 0.343 e. The van der Waals surface area contributed by atoms with Crippen molar-refractivity contribution in [1.29, 1.82) is 0 Å². The summed E-state index contributed by atoms with van der Waals surface area (Å²) in [4.78, 5) is 2.70. The van der Waals surface area contributed by atoms with Gasteiger partial charge >= 0.3 is 6.85 Å². The first-order chi connectivity index (χ1) is 42.1. The molecule has 0 fully saturated rings. The Hall–Kier alpha value is -8.06. The fourth-order valence-corrected chi connectivity index (χ4v) is 16.8. The van der Waals surface area contributed by atoms with Crippen molar-refractivity contribution in [2.45, 2.75) is 163 Å². The monoisotopic (exact) mass is 1180 g/mol. The van der Waals surface area contributed by atoms with E-state index >= 15 is 0 Å². The Morgan fingerprint density at radius 2 is 1.15 bits per heavy atom. The third-order valence-corrected chi connectivity index (χ3v) is 22.1. The van der Waals surface area contributed by atoms with Gasteiger partial charge in [0.25, 0.3) is 0 Å². The van der Waals surface area contributed by atoms with Crippen molar-refractivity contribution in [1.82, 2.24) is 4.57 Å². The van der Waals surface area contributed by atoms with E-state index in [-0.39, 0.29) is 39.3 Å². The first kappa shape index (κ1) is 56.2. The summed E-state index contributed by atoms with van der Waals surface area (Å²) in [6.07, 6.45) is 5.41. The number of allylic oxidation sites excluding steroid dienone is 1. The summed E-state index contributed by atoms with van der Waals surface area (Å²) >= 11 is 1.98. The van der Waals surface area contributed by atoms with Crippen molar-refractivity contribution < 1.29 is 8.83 Å². The molecule has 6 heteroatoms. The third kappa shape index (κ3) is 8.58. The fourth-order valence-electron chi connectivity index (χ4n) is 15.5. The van der Waals surface area contributed by atoms with E-state index in [1.807, 2.05) is 11.3 Å². The van der Waals surface area contributed by atoms with Crippen LogP contribution in [0.3, 0.4) is 0 Å². The number of para-hydroxylation sites is 1. The van der Waals surface area contributed by atoms with Crippen molar-refractivity contribution in [3.8, 4) is 16.8 Å². The number of fused-ring (bicyclic) bond motifs is 19. The predicted octanol–water partition coefficient (Wildman–Crippen LogP) is 22.4. The van der Waals surface area contributed by atoms with Crippen LogP contribution in [0, 0.1) is 0 Å². The number of benzene rings is 9. The molecule has 4 aromatic heterocycles. The quantitative estimate of drug-likeness (QED) is 0.127. The lowest BCUT2D eigenvalue weighted by Gasteiger charge is -2.42. The van der Waals surface area contributed by atoms with Crippen molar-refractivity contribution in [3.63, 3.8) is 0 Å². The van der Waals surface area contributed by atoms with Gasteiger partial charge in [0, 0.05) is 64.8 Å². The smallest absolute Gasteiger partial charge is 0.343 e. The molecule has 3 aliphatic rings. The van der Waals surface area contributed by atoms with Crippen molar-refractivity contribution in [2.24, 2.45) is 0 Å². The summed E-state index contributed by atoms with van der Waals surface area (Å²) < 4.78 is 20.2. The maximum atomic E-state index is 7.49. The number of anilines is 2. The van der Waals surface area contributed by atoms with Crippen LogP contribution in [0.5, 0.6) is 0 Å². The second kappa shape index (κ2) is 18.8. The van der Waals surface area contributed by atoms with Gasteiger partial charge in [0.05, 0.1) is 22.1 Å². The van der Waals surface area contributed by atoms with Crippen molar-refractivity contribution in [3.05, 3.63) is 208 Å². The van der Waals surface area contributed by atoms with E-state index in [4.69, 9.17) is 8.83 Å². The molecule has 13 aromatic rings. The minimum atomic E-state index is -0.191. The van der Waals surface area contributed by atoms with Crippen LogP contribution in [0.2, 0.25) is 0 Å². The van der Waals surface area contributed by atoms with Gasteiger partial charge in [0.1, 0.15) is 22.3 Å². The fraction of sp³-hybridized carbons (Fsp3) is 0.301. The van der Waals surface area contributed by atoms with Gasteiger partial charge in [-0.3, -0.25) is 0 Å². The van der Waals surface area contributed by atoms with Gasteiger partial charge in [0.15, 0.2) is 0 Å². The Kier molecular flexibility index (Phi) is 11.8. The van der Waals surface area contributed by atoms with Gasteiger partial charge in [-0.15, -0.1) is 11.3 Å². The van der Waals surface area contributed by atoms with Gasteiger partial charge < -0.3 is 18.2 Å². The zero-order valence-corrected chi connectivity index (χ0v) is 55.7. The lowest BCUT2D eigenvalue weighted by Crippen LogP contribution is -2.59. The summed E-state index contributed by atoms with van der Waals surface area (Å²) in [5, 5.41) is 8.34. The maximum absolute atomic E-state index is 7.49. The minimum Gasteiger partial charge on any atom is -0.456 e. The molecule has 0 spiro atoms. The van der Waals surface area contributed by atoms with E-state index in [1.54, 1.807) is 0 Å². The number of rotatable bonds is 5. The molecule has 0 unspecified atom stereocenters. The van der Waals surface area contributed by atoms with Crippen LogP contribution in [-0.2, 0) is 38.9 Å². The molecule has 2 aliphatic heterocycles. The minimum absolute atomic E-state index is 0.00394. The van der Waals surface area contributed by atoms with Gasteiger partial charge in [-0.25, -0.2) is 0 Å². The van der Waals surface area contributed by atoms with E-state index < -0.39 is 0 Å². The summed E-state index contributed by atoms with van der Waals surface area (Å²) in [6.45, 7) is 37.4. The van der Waals surface area contributed by atoms with Crippen molar-refractivity contribution in [2.75, 3.05) is 4.81 Å². The van der Waals surface area contributed by atoms with Crippen LogP contribution >= 0.6 is 11.3 Å². The first-order valence-corrected chi connectivity index (χ1v) is 33.3. The van der Waals surface area contributed by atoms with Crippen molar-refractivity contribution >= 4 is 127 Å². The highest BCUT2D eigenvalue weighted by atomic mass is 32.1. The Morgan fingerprint density at radius 3 is 1.81 bits per heavy atom. The topological polar surface area (TPSA) is 34.5 Å². The van der Waals surface area contributed by atoms with Crippen LogP contribution in [0.15, 0.2) is 167 Å². The van der Waals surface area contributed by atoms with Gasteiger partial charge in [-0.05, 0) is 173 Å². The summed E-state index contributed by atoms with van der Waals surface area (Å²) in [5.41, 5.74) is 26.7. The second-order valence-corrected chi connectivity index (χ2v) is 33.1. The van der Waals surface area contributed by atoms with Gasteiger partial charge in [-0.1, -0.05) is 214 Å². The lowest BCUT2D eigenvalue weighted by molar-refractivity contribution is 0.332. The Labute approximate surface area is 529 Å². The zero-order valence-electron chi connectivity index (χ0n) is 54.9. The molecule has 16 rings (SSSR count). The molecule has 1 aliphatic carbocycles. The molecule has 0 N–H and O–H groups in total. The Balaban J connectivity index is 0.987. The first-order valence-electron chi connectivity index (χ1n) is 32.5. The third-order valence-electron chi connectivity index (χ3n) is 20.9. The molecule has 0 bridgehead atoms. The normalized spacial score (nSPS) is 15.8. The molecule has 0 amide bonds. The molecular weight excluding hydrogens is 1100 g/mol. The average molecular weight is 1180 g/mol. The van der Waals surface area contributed by atoms with Crippen LogP contribution in [-0.4, -0.2) is 11.4 Å². The van der Waals surface area contributed by atoms with Crippen LogP contribution in [0.4, 0.5) is 11.4 Å². The number of aromatic nitrogens is 1. The SMILES string of the molecule is CC(C)(C)c1ccc(/C=C(/Cc2ccc3c(c2)oc2cc4c(cc23)-c2c3c5c(c6cc7c(cc6n5-c5c(sc6ccc(C(C)(C)C)cc56)B3N4c3ccc(C(C)(C)C)cc3)C(C)(C)CCC7(C)C)c3oc4ccccc4c23)c2ccc(C(C)(C)C)cc2)cc1. The number of thiophene rings is 1.